The number of halogens is 3. The van der Waals surface area contributed by atoms with Gasteiger partial charge in [0.2, 0.25) is 5.82 Å². The van der Waals surface area contributed by atoms with Gasteiger partial charge in [0.25, 0.3) is 0 Å². The van der Waals surface area contributed by atoms with Crippen molar-refractivity contribution in [1.82, 2.24) is 15.1 Å². The summed E-state index contributed by atoms with van der Waals surface area (Å²) in [5.74, 6) is -1.58. The third-order valence-electron chi connectivity index (χ3n) is 2.00. The highest BCUT2D eigenvalue weighted by Crippen LogP contribution is 2.29. The van der Waals surface area contributed by atoms with Crippen LogP contribution in [-0.2, 0) is 11.0 Å². The summed E-state index contributed by atoms with van der Waals surface area (Å²) < 4.78 is 41.0. The molecule has 0 amide bonds. The maximum Gasteiger partial charge on any atom is 0.471 e. The van der Waals surface area contributed by atoms with Crippen LogP contribution in [0.1, 0.15) is 11.6 Å². The van der Waals surface area contributed by atoms with Crippen LogP contribution in [-0.4, -0.2) is 28.4 Å². The zero-order valence-electron chi connectivity index (χ0n) is 9.55. The van der Waals surface area contributed by atoms with Gasteiger partial charge in [-0.25, -0.2) is 0 Å². The molecule has 2 aromatic rings. The summed E-state index contributed by atoms with van der Waals surface area (Å²) in [6.45, 7) is 0. The molecule has 100 valence electrons. The Hall–Kier alpha value is -2.45. The first-order valence-electron chi connectivity index (χ1n) is 4.94. The fourth-order valence-electron chi connectivity index (χ4n) is 1.18. The normalized spacial score (nSPS) is 12.0. The number of pyridine rings is 1. The molecule has 0 unspecified atom stereocenters. The van der Waals surface area contributed by atoms with Gasteiger partial charge in [-0.2, -0.15) is 18.2 Å². The van der Waals surface area contributed by atoms with Crippen molar-refractivity contribution in [2.45, 2.75) is 6.18 Å². The van der Waals surface area contributed by atoms with E-state index >= 15 is 0 Å². The summed E-state index contributed by atoms with van der Waals surface area (Å²) in [6, 6.07) is 3.02. The summed E-state index contributed by atoms with van der Waals surface area (Å²) in [7, 11) is 1.38. The minimum atomic E-state index is -4.66. The van der Waals surface area contributed by atoms with Gasteiger partial charge in [0.15, 0.2) is 0 Å². The number of oxime groups is 1. The minimum absolute atomic E-state index is 0.185. The number of rotatable bonds is 3. The van der Waals surface area contributed by atoms with Crippen molar-refractivity contribution in [3.63, 3.8) is 0 Å². The molecule has 0 spiro atoms. The lowest BCUT2D eigenvalue weighted by Crippen LogP contribution is -2.04. The molecule has 0 N–H and O–H groups in total. The van der Waals surface area contributed by atoms with Crippen LogP contribution >= 0.6 is 0 Å². The molecule has 0 aliphatic carbocycles. The van der Waals surface area contributed by atoms with Crippen LogP contribution in [0, 0.1) is 0 Å². The van der Waals surface area contributed by atoms with E-state index in [1.165, 1.54) is 31.7 Å². The first kappa shape index (κ1) is 13.0. The standard InChI is InChI=1S/C10H7F3N4O2/c1-18-15-5-7-3-2-6(4-14-7)8-16-9(19-17-8)10(11,12)13/h2-5H,1H3/b15-5-. The van der Waals surface area contributed by atoms with Gasteiger partial charge in [-0.3, -0.25) is 4.98 Å². The predicted octanol–water partition coefficient (Wildman–Crippen LogP) is 2.13. The van der Waals surface area contributed by atoms with Crippen LogP contribution in [0.4, 0.5) is 13.2 Å². The van der Waals surface area contributed by atoms with Crippen LogP contribution < -0.4 is 0 Å². The van der Waals surface area contributed by atoms with E-state index in [1.807, 2.05) is 0 Å². The van der Waals surface area contributed by atoms with Crippen LogP contribution in [0.25, 0.3) is 11.4 Å². The van der Waals surface area contributed by atoms with Crippen molar-refractivity contribution in [2.24, 2.45) is 5.16 Å². The zero-order chi connectivity index (χ0) is 13.9. The third-order valence-corrected chi connectivity index (χ3v) is 2.00. The minimum Gasteiger partial charge on any atom is -0.399 e. The quantitative estimate of drug-likeness (QED) is 0.632. The molecule has 2 rings (SSSR count). The van der Waals surface area contributed by atoms with Crippen LogP contribution in [0.3, 0.4) is 0 Å². The third kappa shape index (κ3) is 3.06. The molecule has 0 saturated heterocycles. The highest BCUT2D eigenvalue weighted by Gasteiger charge is 2.38. The van der Waals surface area contributed by atoms with Gasteiger partial charge in [0.1, 0.15) is 7.11 Å². The Morgan fingerprint density at radius 1 is 1.37 bits per heavy atom. The van der Waals surface area contributed by atoms with Gasteiger partial charge < -0.3 is 9.36 Å². The Bertz CT molecular complexity index is 577. The van der Waals surface area contributed by atoms with Crippen molar-refractivity contribution in [1.29, 1.82) is 0 Å². The fraction of sp³-hybridized carbons (Fsp3) is 0.200. The molecular weight excluding hydrogens is 265 g/mol. The number of nitrogens with zero attached hydrogens (tertiary/aromatic N) is 4. The van der Waals surface area contributed by atoms with E-state index in [1.54, 1.807) is 0 Å². The van der Waals surface area contributed by atoms with E-state index in [0.717, 1.165) is 0 Å². The Labute approximate surface area is 104 Å². The Balaban J connectivity index is 2.23. The Morgan fingerprint density at radius 3 is 2.68 bits per heavy atom. The van der Waals surface area contributed by atoms with E-state index in [0.29, 0.717) is 11.3 Å². The van der Waals surface area contributed by atoms with Crippen LogP contribution in [0.15, 0.2) is 28.0 Å². The molecule has 0 radical (unpaired) electrons. The number of aromatic nitrogens is 3. The molecule has 9 heteroatoms. The average molecular weight is 272 g/mol. The molecular formula is C10H7F3N4O2. The van der Waals surface area contributed by atoms with E-state index < -0.39 is 12.1 Å². The zero-order valence-corrected chi connectivity index (χ0v) is 9.55. The highest BCUT2D eigenvalue weighted by molar-refractivity contribution is 5.77. The lowest BCUT2D eigenvalue weighted by atomic mass is 10.2. The van der Waals surface area contributed by atoms with Gasteiger partial charge in [-0.05, 0) is 12.1 Å². The van der Waals surface area contributed by atoms with Gasteiger partial charge >= 0.3 is 12.1 Å². The first-order valence-corrected chi connectivity index (χ1v) is 4.94. The van der Waals surface area contributed by atoms with Crippen LogP contribution in [0.2, 0.25) is 0 Å². The molecule has 0 aliphatic heterocycles. The van der Waals surface area contributed by atoms with Gasteiger partial charge in [0.05, 0.1) is 11.9 Å². The van der Waals surface area contributed by atoms with Gasteiger partial charge in [-0.1, -0.05) is 10.3 Å². The number of hydrogen-bond acceptors (Lipinski definition) is 6. The second-order valence-corrected chi connectivity index (χ2v) is 3.31. The molecule has 0 aromatic carbocycles. The molecule has 0 fully saturated rings. The number of alkyl halides is 3. The molecule has 6 nitrogen and oxygen atoms in total. The maximum atomic E-state index is 12.3. The van der Waals surface area contributed by atoms with Crippen molar-refractivity contribution < 1.29 is 22.5 Å². The topological polar surface area (TPSA) is 73.4 Å². The summed E-state index contributed by atoms with van der Waals surface area (Å²) in [5.41, 5.74) is 0.777. The molecule has 0 aliphatic rings. The van der Waals surface area contributed by atoms with Crippen molar-refractivity contribution in [3.05, 3.63) is 29.9 Å². The molecule has 0 bridgehead atoms. The lowest BCUT2D eigenvalue weighted by molar-refractivity contribution is -0.159. The van der Waals surface area contributed by atoms with E-state index in [9.17, 15) is 13.2 Å². The molecule has 2 aromatic heterocycles. The summed E-state index contributed by atoms with van der Waals surface area (Å²) in [5, 5.41) is 6.74. The highest BCUT2D eigenvalue weighted by atomic mass is 19.4. The average Bonchev–Trinajstić information content (AvgIpc) is 2.86. The summed E-state index contributed by atoms with van der Waals surface area (Å²) >= 11 is 0. The second kappa shape index (κ2) is 5.04. The van der Waals surface area contributed by atoms with Crippen LogP contribution in [0.5, 0.6) is 0 Å². The fourth-order valence-corrected chi connectivity index (χ4v) is 1.18. The lowest BCUT2D eigenvalue weighted by Gasteiger charge is -1.96. The summed E-state index contributed by atoms with van der Waals surface area (Å²) in [4.78, 5) is 11.6. The van der Waals surface area contributed by atoms with E-state index in [-0.39, 0.29) is 5.82 Å². The van der Waals surface area contributed by atoms with Gasteiger partial charge in [-0.15, -0.1) is 0 Å². The molecule has 19 heavy (non-hydrogen) atoms. The van der Waals surface area contributed by atoms with Gasteiger partial charge in [0, 0.05) is 11.8 Å². The van der Waals surface area contributed by atoms with Crippen molar-refractivity contribution >= 4 is 6.21 Å². The smallest absolute Gasteiger partial charge is 0.399 e. The predicted molar refractivity (Wildman–Crippen MR) is 57.1 cm³/mol. The maximum absolute atomic E-state index is 12.3. The molecule has 0 atom stereocenters. The molecule has 0 saturated carbocycles. The van der Waals surface area contributed by atoms with E-state index in [2.05, 4.69) is 29.6 Å². The number of hydrogen-bond donors (Lipinski definition) is 0. The van der Waals surface area contributed by atoms with Crippen molar-refractivity contribution in [2.75, 3.05) is 7.11 Å². The Morgan fingerprint density at radius 2 is 2.16 bits per heavy atom. The molecule has 2 heterocycles. The van der Waals surface area contributed by atoms with E-state index in [4.69, 9.17) is 0 Å². The first-order chi connectivity index (χ1) is 9.00. The second-order valence-electron chi connectivity index (χ2n) is 3.31. The summed E-state index contributed by atoms with van der Waals surface area (Å²) in [6.07, 6.45) is -2.01. The van der Waals surface area contributed by atoms with Crippen molar-refractivity contribution in [3.8, 4) is 11.4 Å². The Kier molecular flexibility index (Phi) is 3.45. The largest absolute Gasteiger partial charge is 0.471 e. The SMILES string of the molecule is CO/N=C\c1ccc(-c2noc(C(F)(F)F)n2)cn1. The monoisotopic (exact) mass is 272 g/mol.